The molecule has 25 heavy (non-hydrogen) atoms. The number of nitrogens with zero attached hydrogens (tertiary/aromatic N) is 2. The molecule has 0 spiro atoms. The minimum atomic E-state index is -3.55. The van der Waals surface area contributed by atoms with Gasteiger partial charge < -0.3 is 9.64 Å². The number of rotatable bonds is 3. The standard InChI is InChI=1S/C16H22Cl2N2O4S/c1-16(2,3)24-15(21)19-6-8-20(9-7-19)25(22,23)11-12-10-13(17)4-5-14(12)18/h4-5,10H,6-9,11H2,1-3H3. The highest BCUT2D eigenvalue weighted by atomic mass is 35.5. The minimum Gasteiger partial charge on any atom is -0.444 e. The van der Waals surface area contributed by atoms with Gasteiger partial charge in [-0.15, -0.1) is 0 Å². The van der Waals surface area contributed by atoms with Gasteiger partial charge in [0.15, 0.2) is 0 Å². The van der Waals surface area contributed by atoms with E-state index in [1.54, 1.807) is 39.0 Å². The van der Waals surface area contributed by atoms with E-state index >= 15 is 0 Å². The molecule has 1 saturated heterocycles. The van der Waals surface area contributed by atoms with Gasteiger partial charge in [-0.1, -0.05) is 23.2 Å². The summed E-state index contributed by atoms with van der Waals surface area (Å²) in [7, 11) is -3.55. The van der Waals surface area contributed by atoms with Crippen molar-refractivity contribution in [2.24, 2.45) is 0 Å². The summed E-state index contributed by atoms with van der Waals surface area (Å²) >= 11 is 12.0. The van der Waals surface area contributed by atoms with Gasteiger partial charge in [0.25, 0.3) is 0 Å². The molecule has 0 N–H and O–H groups in total. The first kappa shape index (κ1) is 20.3. The maximum absolute atomic E-state index is 12.6. The van der Waals surface area contributed by atoms with Gasteiger partial charge in [-0.2, -0.15) is 4.31 Å². The lowest BCUT2D eigenvalue weighted by molar-refractivity contribution is 0.0192. The third-order valence-electron chi connectivity index (χ3n) is 3.63. The summed E-state index contributed by atoms with van der Waals surface area (Å²) < 4.78 is 31.9. The number of hydrogen-bond acceptors (Lipinski definition) is 4. The van der Waals surface area contributed by atoms with Crippen LogP contribution in [-0.4, -0.2) is 55.5 Å². The van der Waals surface area contributed by atoms with Crippen molar-refractivity contribution in [3.8, 4) is 0 Å². The second-order valence-electron chi connectivity index (χ2n) is 6.86. The predicted octanol–water partition coefficient (Wildman–Crippen LogP) is 3.38. The van der Waals surface area contributed by atoms with Crippen LogP contribution >= 0.6 is 23.2 Å². The van der Waals surface area contributed by atoms with Crippen LogP contribution in [0.5, 0.6) is 0 Å². The first-order valence-electron chi connectivity index (χ1n) is 7.88. The molecule has 1 amide bonds. The van der Waals surface area contributed by atoms with Crippen molar-refractivity contribution in [1.82, 2.24) is 9.21 Å². The van der Waals surface area contributed by atoms with Crippen molar-refractivity contribution in [2.75, 3.05) is 26.2 Å². The van der Waals surface area contributed by atoms with Crippen molar-refractivity contribution < 1.29 is 17.9 Å². The molecule has 2 rings (SSSR count). The summed E-state index contributed by atoms with van der Waals surface area (Å²) in [6, 6.07) is 4.74. The molecule has 0 atom stereocenters. The van der Waals surface area contributed by atoms with Gasteiger partial charge in [-0.25, -0.2) is 13.2 Å². The van der Waals surface area contributed by atoms with Gasteiger partial charge in [0.05, 0.1) is 5.75 Å². The van der Waals surface area contributed by atoms with Gasteiger partial charge >= 0.3 is 6.09 Å². The van der Waals surface area contributed by atoms with Gasteiger partial charge in [-0.3, -0.25) is 0 Å². The van der Waals surface area contributed by atoms with Crippen LogP contribution in [0.15, 0.2) is 18.2 Å². The molecule has 0 aromatic heterocycles. The molecule has 0 unspecified atom stereocenters. The van der Waals surface area contributed by atoms with E-state index in [4.69, 9.17) is 27.9 Å². The summed E-state index contributed by atoms with van der Waals surface area (Å²) in [5, 5.41) is 0.796. The van der Waals surface area contributed by atoms with E-state index in [0.29, 0.717) is 15.6 Å². The molecule has 140 valence electrons. The first-order chi connectivity index (χ1) is 11.5. The molecule has 1 aromatic rings. The number of ether oxygens (including phenoxy) is 1. The van der Waals surface area contributed by atoms with E-state index in [2.05, 4.69) is 0 Å². The monoisotopic (exact) mass is 408 g/mol. The Labute approximate surface area is 158 Å². The lowest BCUT2D eigenvalue weighted by Gasteiger charge is -2.35. The topological polar surface area (TPSA) is 66.9 Å². The average Bonchev–Trinajstić information content (AvgIpc) is 2.49. The molecular formula is C16H22Cl2N2O4S. The number of sulfonamides is 1. The van der Waals surface area contributed by atoms with Crippen LogP contribution in [0.1, 0.15) is 26.3 Å². The maximum atomic E-state index is 12.6. The third kappa shape index (κ3) is 5.74. The van der Waals surface area contributed by atoms with E-state index in [1.165, 1.54) is 9.21 Å². The first-order valence-corrected chi connectivity index (χ1v) is 10.2. The Balaban J connectivity index is 1.99. The maximum Gasteiger partial charge on any atom is 0.410 e. The Morgan fingerprint density at radius 1 is 1.16 bits per heavy atom. The Morgan fingerprint density at radius 3 is 2.32 bits per heavy atom. The van der Waals surface area contributed by atoms with E-state index in [1.807, 2.05) is 0 Å². The molecule has 1 aromatic carbocycles. The van der Waals surface area contributed by atoms with Crippen LogP contribution < -0.4 is 0 Å². The Kier molecular flexibility index (Phi) is 6.25. The largest absolute Gasteiger partial charge is 0.444 e. The number of carbonyl (C=O) groups excluding carboxylic acids is 1. The van der Waals surface area contributed by atoms with Crippen LogP contribution in [0, 0.1) is 0 Å². The second kappa shape index (κ2) is 7.70. The highest BCUT2D eigenvalue weighted by Gasteiger charge is 2.31. The number of benzene rings is 1. The van der Waals surface area contributed by atoms with Gasteiger partial charge in [0.1, 0.15) is 5.60 Å². The quantitative estimate of drug-likeness (QED) is 0.768. The van der Waals surface area contributed by atoms with Crippen LogP contribution in [0.4, 0.5) is 4.79 Å². The summed E-state index contributed by atoms with van der Waals surface area (Å²) in [6.45, 7) is 6.40. The highest BCUT2D eigenvalue weighted by molar-refractivity contribution is 7.88. The Bertz CT molecular complexity index is 739. The Hall–Kier alpha value is -1.02. The van der Waals surface area contributed by atoms with E-state index in [0.717, 1.165) is 0 Å². The van der Waals surface area contributed by atoms with E-state index in [-0.39, 0.29) is 31.9 Å². The predicted molar refractivity (Wildman–Crippen MR) is 98.5 cm³/mol. The smallest absolute Gasteiger partial charge is 0.410 e. The zero-order valence-corrected chi connectivity index (χ0v) is 16.8. The fraction of sp³-hybridized carbons (Fsp3) is 0.562. The second-order valence-corrected chi connectivity index (χ2v) is 9.67. The molecule has 0 radical (unpaired) electrons. The lowest BCUT2D eigenvalue weighted by atomic mass is 10.2. The third-order valence-corrected chi connectivity index (χ3v) is 6.06. The van der Waals surface area contributed by atoms with Crippen LogP contribution in [-0.2, 0) is 20.5 Å². The SMILES string of the molecule is CC(C)(C)OC(=O)N1CCN(S(=O)(=O)Cc2cc(Cl)ccc2Cl)CC1. The van der Waals surface area contributed by atoms with Crippen molar-refractivity contribution in [2.45, 2.75) is 32.1 Å². The van der Waals surface area contributed by atoms with Gasteiger partial charge in [0, 0.05) is 36.2 Å². The summed E-state index contributed by atoms with van der Waals surface area (Å²) in [5.41, 5.74) is -0.118. The summed E-state index contributed by atoms with van der Waals surface area (Å²) in [6.07, 6.45) is -0.428. The number of amides is 1. The molecule has 1 aliphatic rings. The van der Waals surface area contributed by atoms with Crippen LogP contribution in [0.3, 0.4) is 0 Å². The molecule has 1 heterocycles. The number of halogens is 2. The fourth-order valence-electron chi connectivity index (χ4n) is 2.42. The van der Waals surface area contributed by atoms with Gasteiger partial charge in [0.2, 0.25) is 10.0 Å². The lowest BCUT2D eigenvalue weighted by Crippen LogP contribution is -2.51. The minimum absolute atomic E-state index is 0.222. The molecule has 6 nitrogen and oxygen atoms in total. The van der Waals surface area contributed by atoms with Crippen molar-refractivity contribution in [3.05, 3.63) is 33.8 Å². The van der Waals surface area contributed by atoms with Crippen molar-refractivity contribution in [3.63, 3.8) is 0 Å². The molecular weight excluding hydrogens is 387 g/mol. The van der Waals surface area contributed by atoms with E-state index < -0.39 is 21.7 Å². The Morgan fingerprint density at radius 2 is 1.76 bits per heavy atom. The van der Waals surface area contributed by atoms with Crippen molar-refractivity contribution in [1.29, 1.82) is 0 Å². The van der Waals surface area contributed by atoms with Gasteiger partial charge in [-0.05, 0) is 44.5 Å². The number of carbonyl (C=O) groups is 1. The fourth-order valence-corrected chi connectivity index (χ4v) is 4.41. The molecule has 0 saturated carbocycles. The molecule has 9 heteroatoms. The van der Waals surface area contributed by atoms with Crippen molar-refractivity contribution >= 4 is 39.3 Å². The van der Waals surface area contributed by atoms with E-state index in [9.17, 15) is 13.2 Å². The number of hydrogen-bond donors (Lipinski definition) is 0. The van der Waals surface area contributed by atoms with Crippen LogP contribution in [0.2, 0.25) is 10.0 Å². The summed E-state index contributed by atoms with van der Waals surface area (Å²) in [5.74, 6) is -0.223. The molecule has 1 fully saturated rings. The average molecular weight is 409 g/mol. The zero-order valence-electron chi connectivity index (χ0n) is 14.5. The zero-order chi connectivity index (χ0) is 18.8. The normalized spacial score (nSPS) is 16.8. The van der Waals surface area contributed by atoms with Crippen LogP contribution in [0.25, 0.3) is 0 Å². The molecule has 0 aliphatic carbocycles. The highest BCUT2D eigenvalue weighted by Crippen LogP contribution is 2.24. The molecule has 0 bridgehead atoms. The summed E-state index contributed by atoms with van der Waals surface area (Å²) in [4.78, 5) is 13.6. The number of piperazine rings is 1. The molecule has 1 aliphatic heterocycles.